The molecule has 148 valence electrons. The standard InChI is InChI=1S/C22H26FN3O2/c23-21-14-19(28-16-17-7-9-24-10-8-17)5-6-20(21)22(27)26-13-3-4-18(26)15-25-11-1-2-12-25/h5-10,14,18H,1-4,11-13,15-16H2/t18-/m0/s1. The van der Waals surface area contributed by atoms with Crippen molar-refractivity contribution in [2.45, 2.75) is 38.3 Å². The highest BCUT2D eigenvalue weighted by atomic mass is 19.1. The SMILES string of the molecule is O=C(c1ccc(OCc2ccncc2)cc1F)N1CCC[C@H]1CN1CCCC1. The van der Waals surface area contributed by atoms with Crippen molar-refractivity contribution in [2.24, 2.45) is 0 Å². The topological polar surface area (TPSA) is 45.7 Å². The second-order valence-corrected chi connectivity index (χ2v) is 7.59. The zero-order valence-corrected chi connectivity index (χ0v) is 16.0. The molecule has 0 spiro atoms. The van der Waals surface area contributed by atoms with Crippen LogP contribution in [0.15, 0.2) is 42.7 Å². The van der Waals surface area contributed by atoms with Gasteiger partial charge in [0.15, 0.2) is 0 Å². The van der Waals surface area contributed by atoms with E-state index in [1.807, 2.05) is 17.0 Å². The third-order valence-corrected chi connectivity index (χ3v) is 5.63. The summed E-state index contributed by atoms with van der Waals surface area (Å²) in [6, 6.07) is 8.41. The molecular weight excluding hydrogens is 357 g/mol. The van der Waals surface area contributed by atoms with Crippen molar-refractivity contribution in [3.05, 3.63) is 59.7 Å². The molecule has 0 radical (unpaired) electrons. The lowest BCUT2D eigenvalue weighted by molar-refractivity contribution is 0.0704. The van der Waals surface area contributed by atoms with Crippen LogP contribution in [0.3, 0.4) is 0 Å². The van der Waals surface area contributed by atoms with Gasteiger partial charge in [0.25, 0.3) is 5.91 Å². The van der Waals surface area contributed by atoms with E-state index in [4.69, 9.17) is 4.74 Å². The molecule has 0 bridgehead atoms. The molecule has 5 nitrogen and oxygen atoms in total. The van der Waals surface area contributed by atoms with E-state index < -0.39 is 5.82 Å². The molecule has 0 unspecified atom stereocenters. The van der Waals surface area contributed by atoms with Crippen molar-refractivity contribution in [1.29, 1.82) is 0 Å². The highest BCUT2D eigenvalue weighted by Gasteiger charge is 2.32. The monoisotopic (exact) mass is 383 g/mol. The number of likely N-dealkylation sites (tertiary alicyclic amines) is 2. The molecule has 1 aromatic carbocycles. The molecule has 28 heavy (non-hydrogen) atoms. The Morgan fingerprint density at radius 2 is 1.89 bits per heavy atom. The maximum Gasteiger partial charge on any atom is 0.257 e. The number of nitrogens with zero attached hydrogens (tertiary/aromatic N) is 3. The minimum atomic E-state index is -0.524. The smallest absolute Gasteiger partial charge is 0.257 e. The molecule has 2 aliphatic rings. The Hall–Kier alpha value is -2.47. The fourth-order valence-electron chi connectivity index (χ4n) is 4.12. The zero-order chi connectivity index (χ0) is 19.3. The van der Waals surface area contributed by atoms with Gasteiger partial charge in [0, 0.05) is 37.6 Å². The maximum atomic E-state index is 14.7. The molecule has 2 aliphatic heterocycles. The Labute approximate surface area is 165 Å². The maximum absolute atomic E-state index is 14.7. The lowest BCUT2D eigenvalue weighted by Gasteiger charge is -2.28. The van der Waals surface area contributed by atoms with Crippen molar-refractivity contribution < 1.29 is 13.9 Å². The first-order valence-electron chi connectivity index (χ1n) is 10.1. The number of benzene rings is 1. The van der Waals surface area contributed by atoms with Crippen LogP contribution in [-0.4, -0.2) is 52.9 Å². The summed E-state index contributed by atoms with van der Waals surface area (Å²) in [6.07, 6.45) is 7.83. The van der Waals surface area contributed by atoms with E-state index in [2.05, 4.69) is 9.88 Å². The van der Waals surface area contributed by atoms with Gasteiger partial charge >= 0.3 is 0 Å². The summed E-state index contributed by atoms with van der Waals surface area (Å²) >= 11 is 0. The number of rotatable bonds is 6. The molecule has 6 heteroatoms. The molecule has 0 saturated carbocycles. The number of aromatic nitrogens is 1. The number of ether oxygens (including phenoxy) is 1. The van der Waals surface area contributed by atoms with Crippen LogP contribution in [-0.2, 0) is 6.61 Å². The van der Waals surface area contributed by atoms with Gasteiger partial charge in [-0.1, -0.05) is 0 Å². The van der Waals surface area contributed by atoms with E-state index in [1.54, 1.807) is 24.5 Å². The first-order chi connectivity index (χ1) is 13.7. The van der Waals surface area contributed by atoms with Crippen molar-refractivity contribution in [3.8, 4) is 5.75 Å². The van der Waals surface area contributed by atoms with E-state index in [-0.39, 0.29) is 17.5 Å². The van der Waals surface area contributed by atoms with Crippen LogP contribution in [0.1, 0.15) is 41.6 Å². The number of hydrogen-bond acceptors (Lipinski definition) is 4. The van der Waals surface area contributed by atoms with Gasteiger partial charge in [-0.2, -0.15) is 0 Å². The molecule has 2 saturated heterocycles. The van der Waals surface area contributed by atoms with Crippen LogP contribution in [0, 0.1) is 5.82 Å². The normalized spacial score (nSPS) is 19.9. The molecule has 2 fully saturated rings. The van der Waals surface area contributed by atoms with Gasteiger partial charge < -0.3 is 14.5 Å². The lowest BCUT2D eigenvalue weighted by atomic mass is 10.1. The fourth-order valence-corrected chi connectivity index (χ4v) is 4.12. The minimum Gasteiger partial charge on any atom is -0.489 e. The van der Waals surface area contributed by atoms with Gasteiger partial charge in [0.1, 0.15) is 18.2 Å². The van der Waals surface area contributed by atoms with E-state index in [0.717, 1.165) is 38.0 Å². The summed E-state index contributed by atoms with van der Waals surface area (Å²) < 4.78 is 20.3. The number of hydrogen-bond donors (Lipinski definition) is 0. The quantitative estimate of drug-likeness (QED) is 0.766. The van der Waals surface area contributed by atoms with Crippen LogP contribution in [0.4, 0.5) is 4.39 Å². The average Bonchev–Trinajstić information content (AvgIpc) is 3.39. The van der Waals surface area contributed by atoms with Gasteiger partial charge in [-0.05, 0) is 68.6 Å². The van der Waals surface area contributed by atoms with Gasteiger partial charge in [0.05, 0.1) is 5.56 Å². The molecule has 0 N–H and O–H groups in total. The molecule has 1 amide bonds. The predicted molar refractivity (Wildman–Crippen MR) is 105 cm³/mol. The van der Waals surface area contributed by atoms with Crippen molar-refractivity contribution in [3.63, 3.8) is 0 Å². The van der Waals surface area contributed by atoms with E-state index in [9.17, 15) is 9.18 Å². The van der Waals surface area contributed by atoms with E-state index >= 15 is 0 Å². The van der Waals surface area contributed by atoms with Crippen molar-refractivity contribution in [1.82, 2.24) is 14.8 Å². The minimum absolute atomic E-state index is 0.129. The zero-order valence-electron chi connectivity index (χ0n) is 16.0. The third-order valence-electron chi connectivity index (χ3n) is 5.63. The van der Waals surface area contributed by atoms with Crippen LogP contribution >= 0.6 is 0 Å². The van der Waals surface area contributed by atoms with Crippen LogP contribution in [0.25, 0.3) is 0 Å². The first-order valence-corrected chi connectivity index (χ1v) is 10.1. The Kier molecular flexibility index (Phi) is 5.86. The molecular formula is C22H26FN3O2. The fraction of sp³-hybridized carbons (Fsp3) is 0.455. The molecule has 4 rings (SSSR count). The first kappa shape index (κ1) is 18.9. The largest absolute Gasteiger partial charge is 0.489 e. The summed E-state index contributed by atoms with van der Waals surface area (Å²) in [5.41, 5.74) is 1.09. The van der Waals surface area contributed by atoms with Crippen LogP contribution < -0.4 is 4.74 Å². The van der Waals surface area contributed by atoms with Crippen molar-refractivity contribution >= 4 is 5.91 Å². The predicted octanol–water partition coefficient (Wildman–Crippen LogP) is 3.50. The lowest BCUT2D eigenvalue weighted by Crippen LogP contribution is -2.42. The summed E-state index contributed by atoms with van der Waals surface area (Å²) in [7, 11) is 0. The van der Waals surface area contributed by atoms with Crippen molar-refractivity contribution in [2.75, 3.05) is 26.2 Å². The summed E-state index contributed by atoms with van der Waals surface area (Å²) in [4.78, 5) is 21.2. The van der Waals surface area contributed by atoms with Crippen LogP contribution in [0.2, 0.25) is 0 Å². The number of carbonyl (C=O) groups is 1. The molecule has 1 aromatic heterocycles. The Morgan fingerprint density at radius 3 is 2.64 bits per heavy atom. The van der Waals surface area contributed by atoms with Crippen LogP contribution in [0.5, 0.6) is 5.75 Å². The number of halogens is 1. The number of amides is 1. The number of carbonyl (C=O) groups excluding carboxylic acids is 1. The van der Waals surface area contributed by atoms with Gasteiger partial charge in [-0.25, -0.2) is 4.39 Å². The highest BCUT2D eigenvalue weighted by Crippen LogP contribution is 2.25. The molecule has 0 aliphatic carbocycles. The second-order valence-electron chi connectivity index (χ2n) is 7.59. The molecule has 2 aromatic rings. The summed E-state index contributed by atoms with van der Waals surface area (Å²) in [5, 5.41) is 0. The average molecular weight is 383 g/mol. The number of pyridine rings is 1. The highest BCUT2D eigenvalue weighted by molar-refractivity contribution is 5.95. The third kappa shape index (κ3) is 4.33. The van der Waals surface area contributed by atoms with Gasteiger partial charge in [0.2, 0.25) is 0 Å². The molecule has 1 atom stereocenters. The van der Waals surface area contributed by atoms with Gasteiger partial charge in [-0.3, -0.25) is 9.78 Å². The second kappa shape index (κ2) is 8.69. The summed E-state index contributed by atoms with van der Waals surface area (Å²) in [6.45, 7) is 4.16. The Balaban J connectivity index is 1.40. The Bertz CT molecular complexity index is 809. The Morgan fingerprint density at radius 1 is 1.11 bits per heavy atom. The van der Waals surface area contributed by atoms with E-state index in [1.165, 1.54) is 18.9 Å². The van der Waals surface area contributed by atoms with E-state index in [0.29, 0.717) is 18.9 Å². The molecule has 3 heterocycles. The van der Waals surface area contributed by atoms with Gasteiger partial charge in [-0.15, -0.1) is 0 Å². The summed E-state index contributed by atoms with van der Waals surface area (Å²) in [5.74, 6) is -0.315.